The van der Waals surface area contributed by atoms with E-state index in [2.05, 4.69) is 22.5 Å². The number of benzene rings is 1. The first-order chi connectivity index (χ1) is 13.6. The Hall–Kier alpha value is -3.47. The van der Waals surface area contributed by atoms with Crippen LogP contribution in [0.4, 0.5) is 11.5 Å². The third-order valence-electron chi connectivity index (χ3n) is 5.32. The van der Waals surface area contributed by atoms with E-state index in [1.54, 1.807) is 0 Å². The summed E-state index contributed by atoms with van der Waals surface area (Å²) in [7, 11) is 0. The first-order valence-electron chi connectivity index (χ1n) is 9.38. The van der Waals surface area contributed by atoms with Gasteiger partial charge in [0.25, 0.3) is 0 Å². The molecule has 28 heavy (non-hydrogen) atoms. The van der Waals surface area contributed by atoms with Gasteiger partial charge in [0.15, 0.2) is 0 Å². The average Bonchev–Trinajstić information content (AvgIpc) is 3.11. The molecule has 1 aromatic carbocycles. The summed E-state index contributed by atoms with van der Waals surface area (Å²) in [4.78, 5) is 21.9. The number of rotatable bonds is 4. The van der Waals surface area contributed by atoms with Gasteiger partial charge >= 0.3 is 5.69 Å². The van der Waals surface area contributed by atoms with Crippen molar-refractivity contribution in [3.8, 4) is 6.07 Å². The zero-order chi connectivity index (χ0) is 19.7. The molecule has 8 nitrogen and oxygen atoms in total. The highest BCUT2D eigenvalue weighted by molar-refractivity contribution is 5.76. The zero-order valence-corrected chi connectivity index (χ0v) is 15.6. The molecule has 0 spiro atoms. The molecule has 8 heteroatoms. The molecule has 4 rings (SSSR count). The number of pyridine rings is 1. The number of hydrogen-bond acceptors (Lipinski definition) is 6. The Morgan fingerprint density at radius 3 is 2.71 bits per heavy atom. The van der Waals surface area contributed by atoms with Gasteiger partial charge in [0.05, 0.1) is 16.0 Å². The van der Waals surface area contributed by atoms with Gasteiger partial charge in [-0.1, -0.05) is 19.1 Å². The summed E-state index contributed by atoms with van der Waals surface area (Å²) in [5.74, 6) is 1.35. The Morgan fingerprint density at radius 1 is 1.29 bits per heavy atom. The fraction of sp³-hybridized carbons (Fsp3) is 0.350. The summed E-state index contributed by atoms with van der Waals surface area (Å²) in [6, 6.07) is 11.7. The van der Waals surface area contributed by atoms with Crippen LogP contribution < -0.4 is 4.90 Å². The highest BCUT2D eigenvalue weighted by Gasteiger charge is 2.30. The summed E-state index contributed by atoms with van der Waals surface area (Å²) >= 11 is 0. The molecular formula is C20H20N6O2. The number of aryl methyl sites for hydroxylation is 1. The Kier molecular flexibility index (Phi) is 4.65. The molecule has 0 amide bonds. The second-order valence-corrected chi connectivity index (χ2v) is 6.86. The Bertz CT molecular complexity index is 1080. The lowest BCUT2D eigenvalue weighted by Crippen LogP contribution is -2.36. The van der Waals surface area contributed by atoms with E-state index >= 15 is 0 Å². The van der Waals surface area contributed by atoms with Gasteiger partial charge < -0.3 is 9.47 Å². The molecule has 2 aromatic heterocycles. The van der Waals surface area contributed by atoms with E-state index in [1.165, 1.54) is 12.3 Å². The highest BCUT2D eigenvalue weighted by atomic mass is 16.6. The molecule has 1 aliphatic heterocycles. The van der Waals surface area contributed by atoms with E-state index in [9.17, 15) is 15.4 Å². The lowest BCUT2D eigenvalue weighted by molar-refractivity contribution is -0.384. The molecule has 0 N–H and O–H groups in total. The maximum atomic E-state index is 11.5. The Balaban J connectivity index is 1.62. The molecule has 0 saturated carbocycles. The Morgan fingerprint density at radius 2 is 2.04 bits per heavy atom. The number of aromatic nitrogens is 3. The van der Waals surface area contributed by atoms with Crippen LogP contribution in [-0.4, -0.2) is 32.5 Å². The van der Waals surface area contributed by atoms with Gasteiger partial charge in [-0.2, -0.15) is 5.26 Å². The minimum Gasteiger partial charge on any atom is -0.351 e. The first-order valence-corrected chi connectivity index (χ1v) is 9.38. The van der Waals surface area contributed by atoms with Crippen LogP contribution in [0.1, 0.15) is 37.2 Å². The molecule has 1 fully saturated rings. The van der Waals surface area contributed by atoms with Gasteiger partial charge in [-0.25, -0.2) is 9.97 Å². The number of anilines is 1. The average molecular weight is 376 g/mol. The van der Waals surface area contributed by atoms with Gasteiger partial charge in [0.2, 0.25) is 5.82 Å². The van der Waals surface area contributed by atoms with Gasteiger partial charge in [-0.15, -0.1) is 0 Å². The number of para-hydroxylation sites is 2. The van der Waals surface area contributed by atoms with Crippen LogP contribution >= 0.6 is 0 Å². The maximum absolute atomic E-state index is 11.5. The normalized spacial score (nSPS) is 14.9. The second-order valence-electron chi connectivity index (χ2n) is 6.86. The van der Waals surface area contributed by atoms with Crippen LogP contribution in [-0.2, 0) is 6.42 Å². The number of imidazole rings is 1. The predicted octanol–water partition coefficient (Wildman–Crippen LogP) is 3.62. The summed E-state index contributed by atoms with van der Waals surface area (Å²) in [5.41, 5.74) is 1.98. The van der Waals surface area contributed by atoms with Crippen molar-refractivity contribution in [3.05, 3.63) is 58.0 Å². The zero-order valence-electron chi connectivity index (χ0n) is 15.6. The summed E-state index contributed by atoms with van der Waals surface area (Å²) < 4.78 is 2.32. The molecule has 0 atom stereocenters. The van der Waals surface area contributed by atoms with Crippen LogP contribution in [0.15, 0.2) is 36.5 Å². The molecule has 3 aromatic rings. The van der Waals surface area contributed by atoms with Crippen LogP contribution in [0, 0.1) is 21.4 Å². The molecule has 1 saturated heterocycles. The van der Waals surface area contributed by atoms with Gasteiger partial charge in [0, 0.05) is 31.7 Å². The highest BCUT2D eigenvalue weighted by Crippen LogP contribution is 2.34. The molecule has 0 unspecified atom stereocenters. The van der Waals surface area contributed by atoms with Crippen molar-refractivity contribution in [3.63, 3.8) is 0 Å². The third-order valence-corrected chi connectivity index (χ3v) is 5.32. The maximum Gasteiger partial charge on any atom is 0.329 e. The lowest BCUT2D eigenvalue weighted by Gasteiger charge is -2.34. The standard InChI is InChI=1S/C20H20N6O2/c1-2-18-23-16-5-3-4-6-17(16)25(18)15-8-11-24(12-9-15)20-19(26(27)28)14(13-21)7-10-22-20/h3-7,10,15H,2,8-9,11-12H2,1H3. The van der Waals surface area contributed by atoms with Crippen molar-refractivity contribution in [1.29, 1.82) is 5.26 Å². The van der Waals surface area contributed by atoms with E-state index in [1.807, 2.05) is 29.2 Å². The lowest BCUT2D eigenvalue weighted by atomic mass is 10.0. The third kappa shape index (κ3) is 2.95. The van der Waals surface area contributed by atoms with Crippen LogP contribution in [0.2, 0.25) is 0 Å². The van der Waals surface area contributed by atoms with Crippen molar-refractivity contribution in [2.75, 3.05) is 18.0 Å². The van der Waals surface area contributed by atoms with Crippen molar-refractivity contribution >= 4 is 22.5 Å². The van der Waals surface area contributed by atoms with E-state index in [4.69, 9.17) is 4.98 Å². The number of piperidine rings is 1. The van der Waals surface area contributed by atoms with E-state index in [0.717, 1.165) is 36.1 Å². The molecule has 142 valence electrons. The minimum absolute atomic E-state index is 0.0472. The molecule has 0 radical (unpaired) electrons. The minimum atomic E-state index is -0.508. The van der Waals surface area contributed by atoms with Crippen molar-refractivity contribution in [2.45, 2.75) is 32.2 Å². The number of fused-ring (bicyclic) bond motifs is 1. The van der Waals surface area contributed by atoms with Crippen LogP contribution in [0.3, 0.4) is 0 Å². The fourth-order valence-electron chi connectivity index (χ4n) is 4.03. The van der Waals surface area contributed by atoms with Gasteiger partial charge in [0.1, 0.15) is 17.5 Å². The smallest absolute Gasteiger partial charge is 0.329 e. The molecule has 3 heterocycles. The summed E-state index contributed by atoms with van der Waals surface area (Å²) in [6.07, 6.45) is 3.99. The van der Waals surface area contributed by atoms with Crippen LogP contribution in [0.5, 0.6) is 0 Å². The molecule has 0 aliphatic carbocycles. The number of hydrogen-bond donors (Lipinski definition) is 0. The predicted molar refractivity (Wildman–Crippen MR) is 105 cm³/mol. The quantitative estimate of drug-likeness (QED) is 0.509. The van der Waals surface area contributed by atoms with Crippen molar-refractivity contribution in [1.82, 2.24) is 14.5 Å². The van der Waals surface area contributed by atoms with E-state index in [-0.39, 0.29) is 23.1 Å². The molecule has 1 aliphatic rings. The fourth-order valence-corrected chi connectivity index (χ4v) is 4.03. The summed E-state index contributed by atoms with van der Waals surface area (Å²) in [6.45, 7) is 3.39. The van der Waals surface area contributed by atoms with E-state index in [0.29, 0.717) is 13.1 Å². The summed E-state index contributed by atoms with van der Waals surface area (Å²) in [5, 5.41) is 20.7. The van der Waals surface area contributed by atoms with Gasteiger partial charge in [-0.05, 0) is 31.0 Å². The SMILES string of the molecule is CCc1nc2ccccc2n1C1CCN(c2nccc(C#N)c2[N+](=O)[O-])CC1. The monoisotopic (exact) mass is 376 g/mol. The number of nitriles is 1. The topological polar surface area (TPSA) is 101 Å². The largest absolute Gasteiger partial charge is 0.351 e. The van der Waals surface area contributed by atoms with Crippen LogP contribution in [0.25, 0.3) is 11.0 Å². The number of nitrogens with zero attached hydrogens (tertiary/aromatic N) is 6. The van der Waals surface area contributed by atoms with Crippen molar-refractivity contribution < 1.29 is 4.92 Å². The Labute approximate surface area is 162 Å². The molecular weight excluding hydrogens is 356 g/mol. The van der Waals surface area contributed by atoms with Crippen molar-refractivity contribution in [2.24, 2.45) is 0 Å². The number of nitro groups is 1. The second kappa shape index (κ2) is 7.27. The molecule has 0 bridgehead atoms. The van der Waals surface area contributed by atoms with E-state index < -0.39 is 4.92 Å². The first kappa shape index (κ1) is 17.9. The van der Waals surface area contributed by atoms with Gasteiger partial charge in [-0.3, -0.25) is 10.1 Å².